The van der Waals surface area contributed by atoms with Gasteiger partial charge in [0, 0.05) is 45.0 Å². The maximum atomic E-state index is 12.0. The van der Waals surface area contributed by atoms with Gasteiger partial charge in [-0.25, -0.2) is 13.1 Å². The molecule has 0 atom stereocenters. The molecular formula is C15H21N5O2S2. The molecule has 24 heavy (non-hydrogen) atoms. The first-order valence-electron chi connectivity index (χ1n) is 7.49. The number of nitrogens with zero attached hydrogens (tertiary/aromatic N) is 2. The minimum atomic E-state index is -3.41. The van der Waals surface area contributed by atoms with E-state index in [9.17, 15) is 8.42 Å². The van der Waals surface area contributed by atoms with E-state index in [4.69, 9.17) is 0 Å². The Hall–Kier alpha value is -1.97. The predicted octanol–water partition coefficient (Wildman–Crippen LogP) is 0.829. The number of guanidine groups is 1. The number of sulfonamides is 1. The smallest absolute Gasteiger partial charge is 0.250 e. The zero-order valence-electron chi connectivity index (χ0n) is 13.4. The first kappa shape index (κ1) is 18.4. The molecule has 0 radical (unpaired) electrons. The maximum Gasteiger partial charge on any atom is 0.250 e. The fourth-order valence-electron chi connectivity index (χ4n) is 1.93. The van der Waals surface area contributed by atoms with Crippen LogP contribution in [-0.4, -0.2) is 46.0 Å². The molecule has 2 rings (SSSR count). The van der Waals surface area contributed by atoms with Crippen molar-refractivity contribution < 1.29 is 8.42 Å². The van der Waals surface area contributed by atoms with E-state index >= 15 is 0 Å². The van der Waals surface area contributed by atoms with Crippen molar-refractivity contribution in [2.24, 2.45) is 4.99 Å². The summed E-state index contributed by atoms with van der Waals surface area (Å²) in [6, 6.07) is 9.10. The Labute approximate surface area is 146 Å². The number of rotatable bonds is 8. The van der Waals surface area contributed by atoms with E-state index in [1.165, 1.54) is 11.3 Å². The van der Waals surface area contributed by atoms with E-state index in [1.807, 2.05) is 18.2 Å². The van der Waals surface area contributed by atoms with Gasteiger partial charge in [0.25, 0.3) is 0 Å². The third kappa shape index (κ3) is 5.91. The maximum absolute atomic E-state index is 12.0. The average Bonchev–Trinajstić information content (AvgIpc) is 3.13. The molecule has 0 unspecified atom stereocenters. The normalized spacial score (nSPS) is 12.1. The molecule has 0 aliphatic rings. The van der Waals surface area contributed by atoms with Crippen molar-refractivity contribution in [3.05, 3.63) is 47.6 Å². The second-order valence-corrected chi connectivity index (χ2v) is 7.77. The Morgan fingerprint density at radius 1 is 1.17 bits per heavy atom. The average molecular weight is 368 g/mol. The zero-order valence-corrected chi connectivity index (χ0v) is 15.0. The Kier molecular flexibility index (Phi) is 7.16. The molecule has 7 nitrogen and oxygen atoms in total. The lowest BCUT2D eigenvalue weighted by Crippen LogP contribution is -2.42. The SMILES string of the molecule is CN=C(NCCNS(=O)(=O)c1cccs1)NCCc1ccccn1. The number of hydrogen-bond acceptors (Lipinski definition) is 5. The molecule has 130 valence electrons. The van der Waals surface area contributed by atoms with Crippen molar-refractivity contribution in [2.45, 2.75) is 10.6 Å². The van der Waals surface area contributed by atoms with E-state index in [0.717, 1.165) is 12.1 Å². The number of aromatic nitrogens is 1. The fraction of sp³-hybridized carbons (Fsp3) is 0.333. The summed E-state index contributed by atoms with van der Waals surface area (Å²) in [7, 11) is -1.74. The molecule has 3 N–H and O–H groups in total. The van der Waals surface area contributed by atoms with Crippen molar-refractivity contribution in [2.75, 3.05) is 26.7 Å². The molecule has 0 amide bonds. The number of thiophene rings is 1. The molecule has 0 saturated heterocycles. The molecule has 9 heteroatoms. The molecule has 0 aliphatic carbocycles. The molecule has 2 aromatic rings. The third-order valence-corrected chi connectivity index (χ3v) is 5.95. The van der Waals surface area contributed by atoms with Crippen LogP contribution in [0.4, 0.5) is 0 Å². The second kappa shape index (κ2) is 9.36. The van der Waals surface area contributed by atoms with Crippen LogP contribution in [0.15, 0.2) is 51.1 Å². The van der Waals surface area contributed by atoms with Crippen LogP contribution in [0, 0.1) is 0 Å². The monoisotopic (exact) mass is 367 g/mol. The lowest BCUT2D eigenvalue weighted by molar-refractivity contribution is 0.582. The van der Waals surface area contributed by atoms with Crippen LogP contribution < -0.4 is 15.4 Å². The Morgan fingerprint density at radius 2 is 2.00 bits per heavy atom. The van der Waals surface area contributed by atoms with Crippen molar-refractivity contribution >= 4 is 27.3 Å². The largest absolute Gasteiger partial charge is 0.356 e. The molecule has 0 aliphatic heterocycles. The minimum Gasteiger partial charge on any atom is -0.356 e. The zero-order chi connectivity index (χ0) is 17.3. The van der Waals surface area contributed by atoms with Gasteiger partial charge in [-0.3, -0.25) is 9.98 Å². The van der Waals surface area contributed by atoms with Crippen LogP contribution in [0.2, 0.25) is 0 Å². The quantitative estimate of drug-likeness (QED) is 0.365. The van der Waals surface area contributed by atoms with Crippen molar-refractivity contribution in [3.63, 3.8) is 0 Å². The van der Waals surface area contributed by atoms with Crippen LogP contribution >= 0.6 is 11.3 Å². The number of hydrogen-bond donors (Lipinski definition) is 3. The van der Waals surface area contributed by atoms with Crippen LogP contribution in [0.25, 0.3) is 0 Å². The lowest BCUT2D eigenvalue weighted by atomic mass is 10.3. The highest BCUT2D eigenvalue weighted by Crippen LogP contribution is 2.14. The van der Waals surface area contributed by atoms with E-state index in [-0.39, 0.29) is 6.54 Å². The summed E-state index contributed by atoms with van der Waals surface area (Å²) in [5.74, 6) is 0.626. The van der Waals surface area contributed by atoms with Gasteiger partial charge in [0.05, 0.1) is 0 Å². The van der Waals surface area contributed by atoms with Crippen molar-refractivity contribution in [3.8, 4) is 0 Å². The molecule has 2 heterocycles. The summed E-state index contributed by atoms with van der Waals surface area (Å²) in [6.07, 6.45) is 2.55. The summed E-state index contributed by atoms with van der Waals surface area (Å²) in [4.78, 5) is 8.35. The summed E-state index contributed by atoms with van der Waals surface area (Å²) < 4.78 is 26.8. The standard InChI is InChI=1S/C15H21N5O2S2/c1-16-15(18-9-7-13-5-2-3-8-17-13)19-10-11-20-24(21,22)14-6-4-12-23-14/h2-6,8,12,20H,7,9-11H2,1H3,(H2,16,18,19). The lowest BCUT2D eigenvalue weighted by Gasteiger charge is -2.12. The summed E-state index contributed by atoms with van der Waals surface area (Å²) in [5.41, 5.74) is 1.00. The predicted molar refractivity (Wildman–Crippen MR) is 96.8 cm³/mol. The van der Waals surface area contributed by atoms with Gasteiger partial charge in [-0.1, -0.05) is 12.1 Å². The van der Waals surface area contributed by atoms with Gasteiger partial charge in [-0.2, -0.15) is 0 Å². The van der Waals surface area contributed by atoms with E-state index < -0.39 is 10.0 Å². The van der Waals surface area contributed by atoms with Gasteiger partial charge in [0.1, 0.15) is 4.21 Å². The van der Waals surface area contributed by atoms with Crippen LogP contribution in [0.1, 0.15) is 5.69 Å². The first-order valence-corrected chi connectivity index (χ1v) is 9.86. The van der Waals surface area contributed by atoms with E-state index in [2.05, 4.69) is 25.3 Å². The number of pyridine rings is 1. The summed E-state index contributed by atoms with van der Waals surface area (Å²) >= 11 is 1.19. The molecular weight excluding hydrogens is 346 g/mol. The highest BCUT2D eigenvalue weighted by Gasteiger charge is 2.13. The van der Waals surface area contributed by atoms with Gasteiger partial charge in [-0.15, -0.1) is 11.3 Å². The Morgan fingerprint density at radius 3 is 2.67 bits per heavy atom. The molecule has 0 aromatic carbocycles. The van der Waals surface area contributed by atoms with Crippen molar-refractivity contribution in [1.29, 1.82) is 0 Å². The number of nitrogens with one attached hydrogen (secondary N) is 3. The Balaban J connectivity index is 1.67. The first-order chi connectivity index (χ1) is 11.6. The summed E-state index contributed by atoms with van der Waals surface area (Å²) in [6.45, 7) is 1.41. The van der Waals surface area contributed by atoms with Gasteiger partial charge >= 0.3 is 0 Å². The van der Waals surface area contributed by atoms with Crippen LogP contribution in [-0.2, 0) is 16.4 Å². The van der Waals surface area contributed by atoms with Gasteiger partial charge in [-0.05, 0) is 23.6 Å². The van der Waals surface area contributed by atoms with Gasteiger partial charge in [0.2, 0.25) is 10.0 Å². The Bertz CT molecular complexity index is 730. The molecule has 0 spiro atoms. The molecule has 0 bridgehead atoms. The van der Waals surface area contributed by atoms with Crippen LogP contribution in [0.3, 0.4) is 0 Å². The van der Waals surface area contributed by atoms with Gasteiger partial charge in [0.15, 0.2) is 5.96 Å². The number of aliphatic imine (C=N–C) groups is 1. The highest BCUT2D eigenvalue weighted by atomic mass is 32.2. The molecule has 0 fully saturated rings. The molecule has 0 saturated carbocycles. The summed E-state index contributed by atoms with van der Waals surface area (Å²) in [5, 5.41) is 7.97. The fourth-order valence-corrected chi connectivity index (χ4v) is 4.00. The van der Waals surface area contributed by atoms with E-state index in [0.29, 0.717) is 23.3 Å². The van der Waals surface area contributed by atoms with E-state index in [1.54, 1.807) is 30.8 Å². The topological polar surface area (TPSA) is 95.5 Å². The third-order valence-electron chi connectivity index (χ3n) is 3.09. The minimum absolute atomic E-state index is 0.279. The van der Waals surface area contributed by atoms with Crippen LogP contribution in [0.5, 0.6) is 0 Å². The van der Waals surface area contributed by atoms with Gasteiger partial charge < -0.3 is 10.6 Å². The van der Waals surface area contributed by atoms with Crippen molar-refractivity contribution in [1.82, 2.24) is 20.3 Å². The highest BCUT2D eigenvalue weighted by molar-refractivity contribution is 7.91. The second-order valence-electron chi connectivity index (χ2n) is 4.83. The molecule has 2 aromatic heterocycles.